The molecular weight excluding hydrogens is 251 g/mol. The van der Waals surface area contributed by atoms with Gasteiger partial charge in [-0.2, -0.15) is 0 Å². The molecule has 1 rings (SSSR count). The number of hydrogen-bond donors (Lipinski definition) is 1. The summed E-state index contributed by atoms with van der Waals surface area (Å²) in [6.07, 6.45) is 2.96. The second kappa shape index (κ2) is 8.28. The lowest BCUT2D eigenvalue weighted by molar-refractivity contribution is 0.214. The van der Waals surface area contributed by atoms with E-state index < -0.39 is 7.60 Å². The predicted octanol–water partition coefficient (Wildman–Crippen LogP) is 1.94. The van der Waals surface area contributed by atoms with Crippen molar-refractivity contribution in [3.05, 3.63) is 0 Å². The van der Waals surface area contributed by atoms with Gasteiger partial charge in [0.25, 0.3) is 0 Å². The Bertz CT molecular complexity index is 260. The molecule has 0 aromatic carbocycles. The van der Waals surface area contributed by atoms with E-state index in [1.54, 1.807) is 0 Å². The number of likely N-dealkylation sites (N-methyl/N-ethyl adjacent to an activating group) is 1. The maximum Gasteiger partial charge on any atom is 0.331 e. The summed E-state index contributed by atoms with van der Waals surface area (Å²) in [6.45, 7) is 7.43. The Kier molecular flexibility index (Phi) is 7.42. The summed E-state index contributed by atoms with van der Waals surface area (Å²) in [5, 5.41) is 3.46. The van der Waals surface area contributed by atoms with E-state index in [1.165, 1.54) is 12.8 Å². The van der Waals surface area contributed by atoms with E-state index in [4.69, 9.17) is 9.05 Å². The van der Waals surface area contributed by atoms with Crippen molar-refractivity contribution in [1.82, 2.24) is 10.2 Å². The molecule has 1 aliphatic heterocycles. The SMILES string of the molecule is CCOP(=O)(CCN(C)CC1CCCN1)OCC. The van der Waals surface area contributed by atoms with Gasteiger partial charge in [0.2, 0.25) is 0 Å². The van der Waals surface area contributed by atoms with Gasteiger partial charge in [-0.3, -0.25) is 4.57 Å². The van der Waals surface area contributed by atoms with Gasteiger partial charge < -0.3 is 19.3 Å². The summed E-state index contributed by atoms with van der Waals surface area (Å²) in [7, 11) is -0.822. The summed E-state index contributed by atoms with van der Waals surface area (Å²) in [6, 6.07) is 0.577. The predicted molar refractivity (Wildman–Crippen MR) is 74.2 cm³/mol. The number of nitrogens with one attached hydrogen (secondary N) is 1. The first-order chi connectivity index (χ1) is 8.59. The number of hydrogen-bond acceptors (Lipinski definition) is 5. The normalized spacial score (nSPS) is 20.8. The lowest BCUT2D eigenvalue weighted by atomic mass is 10.2. The Balaban J connectivity index is 2.29. The van der Waals surface area contributed by atoms with Crippen LogP contribution in [0.15, 0.2) is 0 Å². The van der Waals surface area contributed by atoms with E-state index in [9.17, 15) is 4.57 Å². The molecule has 5 nitrogen and oxygen atoms in total. The molecule has 108 valence electrons. The summed E-state index contributed by atoms with van der Waals surface area (Å²) >= 11 is 0. The van der Waals surface area contributed by atoms with Crippen molar-refractivity contribution in [2.24, 2.45) is 0 Å². The van der Waals surface area contributed by atoms with Gasteiger partial charge in [0.1, 0.15) is 0 Å². The smallest absolute Gasteiger partial charge is 0.313 e. The van der Waals surface area contributed by atoms with Crippen molar-refractivity contribution in [2.75, 3.05) is 46.1 Å². The highest BCUT2D eigenvalue weighted by molar-refractivity contribution is 7.53. The average Bonchev–Trinajstić information content (AvgIpc) is 2.80. The van der Waals surface area contributed by atoms with Crippen molar-refractivity contribution in [3.63, 3.8) is 0 Å². The summed E-state index contributed by atoms with van der Waals surface area (Å²) in [5.74, 6) is 0. The molecule has 0 radical (unpaired) electrons. The number of nitrogens with zero attached hydrogens (tertiary/aromatic N) is 1. The van der Waals surface area contributed by atoms with Crippen molar-refractivity contribution < 1.29 is 13.6 Å². The average molecular weight is 278 g/mol. The van der Waals surface area contributed by atoms with Crippen LogP contribution in [0, 0.1) is 0 Å². The van der Waals surface area contributed by atoms with E-state index in [2.05, 4.69) is 17.3 Å². The minimum Gasteiger partial charge on any atom is -0.313 e. The highest BCUT2D eigenvalue weighted by atomic mass is 31.2. The van der Waals surface area contributed by atoms with Gasteiger partial charge in [0.05, 0.1) is 19.4 Å². The highest BCUT2D eigenvalue weighted by Gasteiger charge is 2.24. The van der Waals surface area contributed by atoms with E-state index >= 15 is 0 Å². The van der Waals surface area contributed by atoms with Crippen LogP contribution in [0.5, 0.6) is 0 Å². The van der Waals surface area contributed by atoms with Gasteiger partial charge in [-0.1, -0.05) is 0 Å². The van der Waals surface area contributed by atoms with Crippen LogP contribution in [0.4, 0.5) is 0 Å². The first kappa shape index (κ1) is 16.1. The lowest BCUT2D eigenvalue weighted by Crippen LogP contribution is -2.36. The largest absolute Gasteiger partial charge is 0.331 e. The third-order valence-electron chi connectivity index (χ3n) is 3.10. The fourth-order valence-electron chi connectivity index (χ4n) is 2.23. The molecule has 0 spiro atoms. The van der Waals surface area contributed by atoms with Crippen LogP contribution < -0.4 is 5.32 Å². The summed E-state index contributed by atoms with van der Waals surface area (Å²) in [5.41, 5.74) is 0. The molecule has 0 aromatic rings. The molecule has 1 fully saturated rings. The molecule has 1 N–H and O–H groups in total. The van der Waals surface area contributed by atoms with Crippen LogP contribution in [-0.2, 0) is 13.6 Å². The highest BCUT2D eigenvalue weighted by Crippen LogP contribution is 2.47. The summed E-state index contributed by atoms with van der Waals surface area (Å²) in [4.78, 5) is 2.20. The number of rotatable bonds is 9. The van der Waals surface area contributed by atoms with Gasteiger partial charge in [-0.25, -0.2) is 0 Å². The Labute approximate surface area is 111 Å². The molecule has 1 unspecified atom stereocenters. The van der Waals surface area contributed by atoms with Gasteiger partial charge in [-0.05, 0) is 40.3 Å². The third-order valence-corrected chi connectivity index (χ3v) is 5.15. The molecule has 0 aromatic heterocycles. The van der Waals surface area contributed by atoms with Crippen molar-refractivity contribution in [3.8, 4) is 0 Å². The van der Waals surface area contributed by atoms with E-state index in [-0.39, 0.29) is 0 Å². The maximum absolute atomic E-state index is 12.3. The monoisotopic (exact) mass is 278 g/mol. The molecule has 0 bridgehead atoms. The second-order valence-corrected chi connectivity index (χ2v) is 6.91. The zero-order chi connectivity index (χ0) is 13.4. The van der Waals surface area contributed by atoms with Crippen molar-refractivity contribution in [1.29, 1.82) is 0 Å². The zero-order valence-corrected chi connectivity index (χ0v) is 12.7. The van der Waals surface area contributed by atoms with E-state index in [1.807, 2.05) is 13.8 Å². The molecule has 18 heavy (non-hydrogen) atoms. The third kappa shape index (κ3) is 5.81. The van der Waals surface area contributed by atoms with Crippen LogP contribution in [0.3, 0.4) is 0 Å². The minimum absolute atomic E-state index is 0.436. The first-order valence-electron chi connectivity index (χ1n) is 6.89. The van der Waals surface area contributed by atoms with E-state index in [0.29, 0.717) is 25.4 Å². The topological polar surface area (TPSA) is 50.8 Å². The lowest BCUT2D eigenvalue weighted by Gasteiger charge is -2.23. The van der Waals surface area contributed by atoms with Crippen LogP contribution in [0.2, 0.25) is 0 Å². The molecule has 1 saturated heterocycles. The molecular formula is C12H27N2O3P. The zero-order valence-electron chi connectivity index (χ0n) is 11.9. The fourth-order valence-corrected chi connectivity index (χ4v) is 3.94. The second-order valence-electron chi connectivity index (χ2n) is 4.73. The first-order valence-corrected chi connectivity index (χ1v) is 8.62. The van der Waals surface area contributed by atoms with Gasteiger partial charge in [0, 0.05) is 19.1 Å². The minimum atomic E-state index is -2.88. The molecule has 0 aliphatic carbocycles. The van der Waals surface area contributed by atoms with Crippen LogP contribution >= 0.6 is 7.60 Å². The van der Waals surface area contributed by atoms with Crippen LogP contribution in [-0.4, -0.2) is 57.0 Å². The Hall–Kier alpha value is 0.0700. The molecule has 6 heteroatoms. The van der Waals surface area contributed by atoms with Gasteiger partial charge >= 0.3 is 7.60 Å². The van der Waals surface area contributed by atoms with Gasteiger partial charge in [-0.15, -0.1) is 0 Å². The van der Waals surface area contributed by atoms with Crippen molar-refractivity contribution >= 4 is 7.60 Å². The fraction of sp³-hybridized carbons (Fsp3) is 1.00. The Morgan fingerprint density at radius 2 is 2.00 bits per heavy atom. The molecule has 0 saturated carbocycles. The Morgan fingerprint density at radius 1 is 1.33 bits per heavy atom. The molecule has 1 atom stereocenters. The molecule has 1 aliphatic rings. The Morgan fingerprint density at radius 3 is 2.50 bits per heavy atom. The standard InChI is InChI=1S/C12H27N2O3P/c1-4-16-18(15,17-5-2)10-9-14(3)11-12-7-6-8-13-12/h12-13H,4-11H2,1-3H3. The van der Waals surface area contributed by atoms with Crippen LogP contribution in [0.25, 0.3) is 0 Å². The quantitative estimate of drug-likeness (QED) is 0.653. The van der Waals surface area contributed by atoms with Gasteiger partial charge in [0.15, 0.2) is 0 Å². The summed E-state index contributed by atoms with van der Waals surface area (Å²) < 4.78 is 22.8. The van der Waals surface area contributed by atoms with Crippen molar-refractivity contribution in [2.45, 2.75) is 32.7 Å². The van der Waals surface area contributed by atoms with E-state index in [0.717, 1.165) is 19.6 Å². The molecule has 0 amide bonds. The van der Waals surface area contributed by atoms with Crippen LogP contribution in [0.1, 0.15) is 26.7 Å². The maximum atomic E-state index is 12.3. The molecule has 1 heterocycles.